The van der Waals surface area contributed by atoms with Crippen LogP contribution in [-0.2, 0) is 0 Å². The van der Waals surface area contributed by atoms with Gasteiger partial charge in [0.15, 0.2) is 0 Å². The molecule has 0 amide bonds. The molecular weight excluding hydrogens is 181 g/mol. The van der Waals surface area contributed by atoms with Gasteiger partial charge >= 0.3 is 0 Å². The van der Waals surface area contributed by atoms with Gasteiger partial charge in [-0.2, -0.15) is 0 Å². The number of aliphatic hydroxyl groups excluding tert-OH is 4. The minimum absolute atomic E-state index is 0.452. The van der Waals surface area contributed by atoms with E-state index in [1.165, 1.54) is 0 Å². The molecule has 0 aromatic heterocycles. The zero-order valence-electron chi connectivity index (χ0n) is 6.97. The van der Waals surface area contributed by atoms with Crippen LogP contribution < -0.4 is 5.32 Å². The van der Waals surface area contributed by atoms with Crippen LogP contribution in [0.3, 0.4) is 0 Å². The fourth-order valence-electron chi connectivity index (χ4n) is 1.48. The maximum absolute atomic E-state index is 13.1. The highest BCUT2D eigenvalue weighted by atomic mass is 19.1. The number of aliphatic hydroxyl groups is 4. The topological polar surface area (TPSA) is 93.0 Å². The van der Waals surface area contributed by atoms with Crippen LogP contribution >= 0.6 is 0 Å². The van der Waals surface area contributed by atoms with Crippen LogP contribution in [0.2, 0.25) is 0 Å². The van der Waals surface area contributed by atoms with Crippen LogP contribution in [0.5, 0.6) is 0 Å². The molecule has 0 aromatic rings. The van der Waals surface area contributed by atoms with Crippen molar-refractivity contribution in [3.63, 3.8) is 0 Å². The Labute approximate surface area is 74.8 Å². The molecule has 0 spiro atoms. The van der Waals surface area contributed by atoms with E-state index in [9.17, 15) is 9.50 Å². The number of hydrogen-bond donors (Lipinski definition) is 5. The maximum Gasteiger partial charge on any atom is 0.145 e. The van der Waals surface area contributed by atoms with E-state index in [0.29, 0.717) is 0 Å². The standard InChI is InChI=1S/C7H14FNO4/c8-5-3(1-10)9-6(7(5)13)4(12)2-11/h3-7,9-13H,1-2H2/t3-,4-,5-,6-,7+/m0/s1. The molecule has 1 fully saturated rings. The molecule has 1 rings (SSSR count). The summed E-state index contributed by atoms with van der Waals surface area (Å²) in [6, 6.07) is -1.79. The third-order valence-corrected chi connectivity index (χ3v) is 2.28. The van der Waals surface area contributed by atoms with Crippen molar-refractivity contribution in [2.75, 3.05) is 13.2 Å². The fourth-order valence-corrected chi connectivity index (χ4v) is 1.48. The number of nitrogens with one attached hydrogen (secondary N) is 1. The number of hydrogen-bond acceptors (Lipinski definition) is 5. The first-order chi connectivity index (χ1) is 6.11. The van der Waals surface area contributed by atoms with Crippen molar-refractivity contribution in [3.05, 3.63) is 0 Å². The third-order valence-electron chi connectivity index (χ3n) is 2.28. The average Bonchev–Trinajstić information content (AvgIpc) is 2.43. The Bertz CT molecular complexity index is 171. The Kier molecular flexibility index (Phi) is 3.57. The molecular formula is C7H14FNO4. The summed E-state index contributed by atoms with van der Waals surface area (Å²) >= 11 is 0. The molecule has 1 saturated heterocycles. The van der Waals surface area contributed by atoms with Gasteiger partial charge in [0.25, 0.3) is 0 Å². The number of rotatable bonds is 3. The van der Waals surface area contributed by atoms with Crippen LogP contribution in [0, 0.1) is 0 Å². The molecule has 0 bridgehead atoms. The van der Waals surface area contributed by atoms with Crippen molar-refractivity contribution in [1.82, 2.24) is 5.32 Å². The van der Waals surface area contributed by atoms with Crippen molar-refractivity contribution >= 4 is 0 Å². The van der Waals surface area contributed by atoms with Crippen LogP contribution in [0.25, 0.3) is 0 Å². The van der Waals surface area contributed by atoms with E-state index in [1.807, 2.05) is 0 Å². The second-order valence-corrected chi connectivity index (χ2v) is 3.17. The molecule has 1 aliphatic rings. The van der Waals surface area contributed by atoms with Gasteiger partial charge < -0.3 is 25.7 Å². The van der Waals surface area contributed by atoms with Crippen LogP contribution in [-0.4, -0.2) is 64.1 Å². The summed E-state index contributed by atoms with van der Waals surface area (Å²) < 4.78 is 13.1. The summed E-state index contributed by atoms with van der Waals surface area (Å²) in [4.78, 5) is 0. The predicted molar refractivity (Wildman–Crippen MR) is 41.8 cm³/mol. The van der Waals surface area contributed by atoms with E-state index in [1.54, 1.807) is 0 Å². The average molecular weight is 195 g/mol. The summed E-state index contributed by atoms with van der Waals surface area (Å²) in [5.41, 5.74) is 0. The molecule has 5 N–H and O–H groups in total. The lowest BCUT2D eigenvalue weighted by Gasteiger charge is -2.19. The largest absolute Gasteiger partial charge is 0.395 e. The first-order valence-corrected chi connectivity index (χ1v) is 4.09. The summed E-state index contributed by atoms with van der Waals surface area (Å²) in [6.45, 7) is -1.01. The molecule has 0 aliphatic carbocycles. The zero-order valence-corrected chi connectivity index (χ0v) is 6.97. The van der Waals surface area contributed by atoms with Crippen molar-refractivity contribution in [3.8, 4) is 0 Å². The van der Waals surface area contributed by atoms with Crippen LogP contribution in [0.4, 0.5) is 4.39 Å². The van der Waals surface area contributed by atoms with E-state index in [2.05, 4.69) is 5.32 Å². The molecule has 6 heteroatoms. The van der Waals surface area contributed by atoms with E-state index in [4.69, 9.17) is 15.3 Å². The lowest BCUT2D eigenvalue weighted by atomic mass is 10.1. The van der Waals surface area contributed by atoms with Gasteiger partial charge in [-0.05, 0) is 0 Å². The Morgan fingerprint density at radius 1 is 1.38 bits per heavy atom. The van der Waals surface area contributed by atoms with Crippen molar-refractivity contribution in [2.24, 2.45) is 0 Å². The SMILES string of the molecule is OC[C@@H]1N[C@@H]([C@@H](O)CO)[C@H](O)[C@H]1F. The lowest BCUT2D eigenvalue weighted by molar-refractivity contribution is 0.00804. The third kappa shape index (κ3) is 1.97. The lowest BCUT2D eigenvalue weighted by Crippen LogP contribution is -2.45. The van der Waals surface area contributed by atoms with Gasteiger partial charge in [-0.3, -0.25) is 0 Å². The fraction of sp³-hybridized carbons (Fsp3) is 1.00. The van der Waals surface area contributed by atoms with Gasteiger partial charge in [-0.1, -0.05) is 0 Å². The molecule has 5 nitrogen and oxygen atoms in total. The minimum Gasteiger partial charge on any atom is -0.395 e. The normalized spacial score (nSPS) is 42.2. The van der Waals surface area contributed by atoms with Crippen molar-refractivity contribution in [1.29, 1.82) is 0 Å². The van der Waals surface area contributed by atoms with Gasteiger partial charge in [0.1, 0.15) is 12.3 Å². The van der Waals surface area contributed by atoms with Gasteiger partial charge in [0, 0.05) is 0 Å². The van der Waals surface area contributed by atoms with Gasteiger partial charge in [0.2, 0.25) is 0 Å². The monoisotopic (exact) mass is 195 g/mol. The second-order valence-electron chi connectivity index (χ2n) is 3.17. The molecule has 78 valence electrons. The Hall–Kier alpha value is -0.270. The van der Waals surface area contributed by atoms with Gasteiger partial charge in [0.05, 0.1) is 31.4 Å². The van der Waals surface area contributed by atoms with Gasteiger partial charge in [-0.25, -0.2) is 4.39 Å². The molecule has 0 aromatic carbocycles. The van der Waals surface area contributed by atoms with Crippen molar-refractivity contribution < 1.29 is 24.8 Å². The van der Waals surface area contributed by atoms with E-state index in [0.717, 1.165) is 0 Å². The summed E-state index contributed by atoms with van der Waals surface area (Å²) in [6.07, 6.45) is -4.22. The summed E-state index contributed by atoms with van der Waals surface area (Å²) in [5, 5.41) is 38.1. The first-order valence-electron chi connectivity index (χ1n) is 4.09. The first kappa shape index (κ1) is 10.8. The maximum atomic E-state index is 13.1. The van der Waals surface area contributed by atoms with Crippen LogP contribution in [0.15, 0.2) is 0 Å². The number of halogens is 1. The summed E-state index contributed by atoms with van der Waals surface area (Å²) in [7, 11) is 0. The predicted octanol–water partition coefficient (Wildman–Crippen LogP) is -2.63. The van der Waals surface area contributed by atoms with E-state index >= 15 is 0 Å². The Morgan fingerprint density at radius 2 is 2.00 bits per heavy atom. The molecule has 13 heavy (non-hydrogen) atoms. The highest BCUT2D eigenvalue weighted by Crippen LogP contribution is 2.19. The highest BCUT2D eigenvalue weighted by Gasteiger charge is 2.44. The molecule has 1 heterocycles. The molecule has 5 atom stereocenters. The Balaban J connectivity index is 2.60. The molecule has 0 saturated carbocycles. The molecule has 0 unspecified atom stereocenters. The Morgan fingerprint density at radius 3 is 2.38 bits per heavy atom. The van der Waals surface area contributed by atoms with Crippen LogP contribution in [0.1, 0.15) is 0 Å². The minimum atomic E-state index is -1.61. The quantitative estimate of drug-likeness (QED) is 0.340. The van der Waals surface area contributed by atoms with E-state index < -0.39 is 43.7 Å². The second kappa shape index (κ2) is 4.30. The highest BCUT2D eigenvalue weighted by molar-refractivity contribution is 5.00. The number of alkyl halides is 1. The van der Waals surface area contributed by atoms with Gasteiger partial charge in [-0.15, -0.1) is 0 Å². The summed E-state index contributed by atoms with van der Waals surface area (Å²) in [5.74, 6) is 0. The zero-order chi connectivity index (χ0) is 10.0. The molecule has 0 radical (unpaired) electrons. The smallest absolute Gasteiger partial charge is 0.145 e. The van der Waals surface area contributed by atoms with E-state index in [-0.39, 0.29) is 0 Å². The van der Waals surface area contributed by atoms with Crippen molar-refractivity contribution in [2.45, 2.75) is 30.5 Å². The molecule has 1 aliphatic heterocycles.